The van der Waals surface area contributed by atoms with Gasteiger partial charge in [-0.3, -0.25) is 0 Å². The van der Waals surface area contributed by atoms with Gasteiger partial charge in [0.05, 0.1) is 6.61 Å². The number of nitrogens with zero attached hydrogens (tertiary/aromatic N) is 1. The second-order valence-corrected chi connectivity index (χ2v) is 4.25. The zero-order valence-electron chi connectivity index (χ0n) is 8.85. The van der Waals surface area contributed by atoms with E-state index in [4.69, 9.17) is 14.7 Å². The van der Waals surface area contributed by atoms with Crippen LogP contribution >= 0.6 is 0 Å². The second-order valence-electron chi connectivity index (χ2n) is 4.25. The summed E-state index contributed by atoms with van der Waals surface area (Å²) in [4.78, 5) is 0. The zero-order chi connectivity index (χ0) is 11.0. The molecule has 0 bridgehead atoms. The lowest BCUT2D eigenvalue weighted by molar-refractivity contribution is 0.297. The van der Waals surface area contributed by atoms with Crippen LogP contribution in [0, 0.1) is 5.92 Å². The zero-order valence-corrected chi connectivity index (χ0v) is 8.85. The number of rotatable bonds is 3. The third-order valence-corrected chi connectivity index (χ3v) is 2.93. The minimum Gasteiger partial charge on any atom is -0.493 e. The van der Waals surface area contributed by atoms with Gasteiger partial charge in [-0.05, 0) is 30.9 Å². The van der Waals surface area contributed by atoms with Crippen molar-refractivity contribution in [3.8, 4) is 11.5 Å². The Morgan fingerprint density at radius 2 is 2.31 bits per heavy atom. The summed E-state index contributed by atoms with van der Waals surface area (Å²) in [5.41, 5.74) is 1.42. The molecule has 1 heterocycles. The summed E-state index contributed by atoms with van der Waals surface area (Å²) in [5.74, 6) is 2.30. The Morgan fingerprint density at radius 3 is 3.06 bits per heavy atom. The third kappa shape index (κ3) is 1.71. The second kappa shape index (κ2) is 3.70. The molecule has 0 unspecified atom stereocenters. The predicted molar refractivity (Wildman–Crippen MR) is 58.5 cm³/mol. The Balaban J connectivity index is 1.77. The predicted octanol–water partition coefficient (Wildman–Crippen LogP) is 2.05. The molecule has 0 saturated heterocycles. The van der Waals surface area contributed by atoms with E-state index in [-0.39, 0.29) is 0 Å². The maximum Gasteiger partial charge on any atom is 0.134 e. The normalized spacial score (nSPS) is 20.6. The summed E-state index contributed by atoms with van der Waals surface area (Å²) < 4.78 is 11.0. The molecular formula is C12H13NO3. The average Bonchev–Trinajstić information content (AvgIpc) is 3.05. The van der Waals surface area contributed by atoms with Crippen LogP contribution in [0.4, 0.5) is 0 Å². The number of oxime groups is 1. The summed E-state index contributed by atoms with van der Waals surface area (Å²) in [5, 5.41) is 11.9. The van der Waals surface area contributed by atoms with E-state index in [9.17, 15) is 0 Å². The smallest absolute Gasteiger partial charge is 0.134 e. The highest BCUT2D eigenvalue weighted by molar-refractivity contribution is 6.05. The van der Waals surface area contributed by atoms with Crippen LogP contribution in [0.25, 0.3) is 0 Å². The van der Waals surface area contributed by atoms with Gasteiger partial charge in [0, 0.05) is 11.6 Å². The first kappa shape index (κ1) is 9.51. The van der Waals surface area contributed by atoms with Crippen LogP contribution < -0.4 is 9.47 Å². The van der Waals surface area contributed by atoms with Crippen molar-refractivity contribution in [2.45, 2.75) is 12.8 Å². The van der Waals surface area contributed by atoms with Crippen molar-refractivity contribution in [2.24, 2.45) is 11.1 Å². The lowest BCUT2D eigenvalue weighted by Gasteiger charge is -2.06. The van der Waals surface area contributed by atoms with Crippen LogP contribution in [0.3, 0.4) is 0 Å². The van der Waals surface area contributed by atoms with Crippen LogP contribution in [0.1, 0.15) is 18.4 Å². The van der Waals surface area contributed by atoms with Crippen LogP contribution in [0.5, 0.6) is 11.5 Å². The number of hydrogen-bond donors (Lipinski definition) is 1. The van der Waals surface area contributed by atoms with Crippen molar-refractivity contribution < 1.29 is 14.7 Å². The molecule has 1 N–H and O–H groups in total. The van der Waals surface area contributed by atoms with Gasteiger partial charge in [-0.1, -0.05) is 5.16 Å². The summed E-state index contributed by atoms with van der Waals surface area (Å²) in [6.45, 7) is 1.12. The molecule has 0 amide bonds. The van der Waals surface area contributed by atoms with Gasteiger partial charge in [-0.15, -0.1) is 0 Å². The minimum atomic E-state index is 0.331. The number of ether oxygens (including phenoxy) is 2. The standard InChI is InChI=1S/C12H13NO3/c14-13-11-7-16-12-5-9(3-4-10(11)12)15-6-8-1-2-8/h3-5,8,14H,1-2,6-7H2. The molecule has 16 heavy (non-hydrogen) atoms. The van der Waals surface area contributed by atoms with Crippen LogP contribution in [-0.2, 0) is 0 Å². The van der Waals surface area contributed by atoms with E-state index in [0.717, 1.165) is 29.6 Å². The Morgan fingerprint density at radius 1 is 1.44 bits per heavy atom. The molecule has 4 heteroatoms. The molecule has 1 aliphatic carbocycles. The van der Waals surface area contributed by atoms with E-state index in [1.54, 1.807) is 0 Å². The first-order valence-corrected chi connectivity index (χ1v) is 5.48. The molecule has 1 aromatic carbocycles. The average molecular weight is 219 g/mol. The molecule has 1 aromatic rings. The maximum absolute atomic E-state index is 8.74. The van der Waals surface area contributed by atoms with E-state index in [2.05, 4.69) is 5.16 Å². The molecule has 4 nitrogen and oxygen atoms in total. The Hall–Kier alpha value is -1.71. The highest BCUT2D eigenvalue weighted by Gasteiger charge is 2.23. The van der Waals surface area contributed by atoms with Gasteiger partial charge in [-0.25, -0.2) is 0 Å². The van der Waals surface area contributed by atoms with Gasteiger partial charge in [0.25, 0.3) is 0 Å². The van der Waals surface area contributed by atoms with E-state index in [1.807, 2.05) is 18.2 Å². The highest BCUT2D eigenvalue weighted by atomic mass is 16.5. The van der Waals surface area contributed by atoms with Gasteiger partial charge in [0.2, 0.25) is 0 Å². The van der Waals surface area contributed by atoms with Crippen LogP contribution in [-0.4, -0.2) is 24.1 Å². The van der Waals surface area contributed by atoms with Crippen molar-refractivity contribution in [3.63, 3.8) is 0 Å². The van der Waals surface area contributed by atoms with E-state index < -0.39 is 0 Å². The van der Waals surface area contributed by atoms with Crippen LogP contribution in [0.15, 0.2) is 23.4 Å². The van der Waals surface area contributed by atoms with Gasteiger partial charge in [0.1, 0.15) is 23.8 Å². The molecular weight excluding hydrogens is 206 g/mol. The highest BCUT2D eigenvalue weighted by Crippen LogP contribution is 2.32. The minimum absolute atomic E-state index is 0.331. The summed E-state index contributed by atoms with van der Waals surface area (Å²) in [7, 11) is 0. The van der Waals surface area contributed by atoms with Crippen molar-refractivity contribution in [2.75, 3.05) is 13.2 Å². The lowest BCUT2D eigenvalue weighted by Crippen LogP contribution is -2.01. The van der Waals surface area contributed by atoms with Crippen molar-refractivity contribution in [3.05, 3.63) is 23.8 Å². The first-order chi connectivity index (χ1) is 7.86. The van der Waals surface area contributed by atoms with E-state index in [1.165, 1.54) is 12.8 Å². The third-order valence-electron chi connectivity index (χ3n) is 2.93. The van der Waals surface area contributed by atoms with Crippen LogP contribution in [0.2, 0.25) is 0 Å². The fraction of sp³-hybridized carbons (Fsp3) is 0.417. The Labute approximate surface area is 93.5 Å². The molecule has 0 spiro atoms. The summed E-state index contributed by atoms with van der Waals surface area (Å²) in [6.07, 6.45) is 2.56. The van der Waals surface area contributed by atoms with Gasteiger partial charge >= 0.3 is 0 Å². The fourth-order valence-corrected chi connectivity index (χ4v) is 1.76. The van der Waals surface area contributed by atoms with Crippen molar-refractivity contribution in [1.82, 2.24) is 0 Å². The lowest BCUT2D eigenvalue weighted by atomic mass is 10.1. The molecule has 3 rings (SSSR count). The fourth-order valence-electron chi connectivity index (χ4n) is 1.76. The van der Waals surface area contributed by atoms with Gasteiger partial charge in [0.15, 0.2) is 0 Å². The quantitative estimate of drug-likeness (QED) is 0.625. The van der Waals surface area contributed by atoms with Gasteiger partial charge in [-0.2, -0.15) is 0 Å². The van der Waals surface area contributed by atoms with E-state index >= 15 is 0 Å². The van der Waals surface area contributed by atoms with Crippen molar-refractivity contribution in [1.29, 1.82) is 0 Å². The first-order valence-electron chi connectivity index (χ1n) is 5.48. The largest absolute Gasteiger partial charge is 0.493 e. The molecule has 1 saturated carbocycles. The topological polar surface area (TPSA) is 51.1 Å². The summed E-state index contributed by atoms with van der Waals surface area (Å²) in [6, 6.07) is 5.62. The Bertz CT molecular complexity index is 438. The SMILES string of the molecule is ON=C1COc2cc(OCC3CC3)ccc21. The maximum atomic E-state index is 8.74. The molecule has 0 atom stereocenters. The molecule has 0 aromatic heterocycles. The van der Waals surface area contributed by atoms with Gasteiger partial charge < -0.3 is 14.7 Å². The number of benzene rings is 1. The molecule has 1 aliphatic heterocycles. The number of hydrogen-bond acceptors (Lipinski definition) is 4. The number of fused-ring (bicyclic) bond motifs is 1. The Kier molecular flexibility index (Phi) is 2.20. The monoisotopic (exact) mass is 219 g/mol. The summed E-state index contributed by atoms with van der Waals surface area (Å²) >= 11 is 0. The molecule has 2 aliphatic rings. The van der Waals surface area contributed by atoms with Crippen molar-refractivity contribution >= 4 is 5.71 Å². The molecule has 1 fully saturated rings. The van der Waals surface area contributed by atoms with E-state index in [0.29, 0.717) is 12.3 Å². The molecule has 84 valence electrons. The molecule has 0 radical (unpaired) electrons.